The van der Waals surface area contributed by atoms with Crippen LogP contribution in [0, 0.1) is 0 Å². The summed E-state index contributed by atoms with van der Waals surface area (Å²) in [5, 5.41) is 6.89. The first kappa shape index (κ1) is 14.4. The molecule has 0 saturated carbocycles. The fourth-order valence-electron chi connectivity index (χ4n) is 2.10. The number of hydrogen-bond donors (Lipinski definition) is 1. The number of carbonyl (C=O) groups excluding carboxylic acids is 1. The van der Waals surface area contributed by atoms with Crippen LogP contribution >= 0.6 is 11.8 Å². The Kier molecular flexibility index (Phi) is 4.50. The molecule has 2 rings (SSSR count). The maximum Gasteiger partial charge on any atom is 0.293 e. The average Bonchev–Trinajstić information content (AvgIpc) is 2.74. The Balaban J connectivity index is 2.02. The zero-order chi connectivity index (χ0) is 13.9. The molecule has 0 atom stereocenters. The molecule has 6 heteroatoms. The third-order valence-electron chi connectivity index (χ3n) is 3.33. The number of thioether (sulfide) groups is 1. The molecule has 1 N–H and O–H groups in total. The van der Waals surface area contributed by atoms with Crippen molar-refractivity contribution in [3.8, 4) is 0 Å². The van der Waals surface area contributed by atoms with Crippen LogP contribution in [0.15, 0.2) is 0 Å². The molecule has 0 aromatic carbocycles. The molecule has 0 radical (unpaired) electrons. The van der Waals surface area contributed by atoms with Gasteiger partial charge in [0.1, 0.15) is 5.82 Å². The van der Waals surface area contributed by atoms with Crippen LogP contribution in [0.3, 0.4) is 0 Å². The smallest absolute Gasteiger partial charge is 0.293 e. The predicted octanol–water partition coefficient (Wildman–Crippen LogP) is 2.11. The molecule has 1 aromatic heterocycles. The van der Waals surface area contributed by atoms with E-state index >= 15 is 0 Å². The fourth-order valence-corrected chi connectivity index (χ4v) is 3.20. The van der Waals surface area contributed by atoms with Crippen molar-refractivity contribution < 1.29 is 4.79 Å². The first-order valence-electron chi connectivity index (χ1n) is 6.86. The van der Waals surface area contributed by atoms with Gasteiger partial charge in [-0.15, -0.1) is 5.10 Å². The molecule has 2 heterocycles. The highest BCUT2D eigenvalue weighted by Crippen LogP contribution is 2.30. The summed E-state index contributed by atoms with van der Waals surface area (Å²) < 4.78 is 0.251. The van der Waals surface area contributed by atoms with Crippen LogP contribution < -0.4 is 0 Å². The molecular weight excluding hydrogens is 260 g/mol. The van der Waals surface area contributed by atoms with Crippen molar-refractivity contribution in [2.45, 2.75) is 44.8 Å². The second-order valence-electron chi connectivity index (χ2n) is 5.51. The molecule has 0 aliphatic carbocycles. The van der Waals surface area contributed by atoms with Crippen LogP contribution in [-0.4, -0.2) is 49.6 Å². The minimum absolute atomic E-state index is 0.0445. The summed E-state index contributed by atoms with van der Waals surface area (Å²) in [6, 6.07) is 0. The Morgan fingerprint density at radius 1 is 1.47 bits per heavy atom. The van der Waals surface area contributed by atoms with Crippen LogP contribution in [0.2, 0.25) is 0 Å². The van der Waals surface area contributed by atoms with E-state index < -0.39 is 0 Å². The van der Waals surface area contributed by atoms with Crippen LogP contribution in [0.25, 0.3) is 0 Å². The summed E-state index contributed by atoms with van der Waals surface area (Å²) in [5.74, 6) is 2.05. The van der Waals surface area contributed by atoms with E-state index in [4.69, 9.17) is 0 Å². The molecule has 1 fully saturated rings. The highest BCUT2D eigenvalue weighted by atomic mass is 32.2. The summed E-state index contributed by atoms with van der Waals surface area (Å²) >= 11 is 1.93. The largest absolute Gasteiger partial charge is 0.335 e. The molecule has 1 aromatic rings. The van der Waals surface area contributed by atoms with Crippen LogP contribution in [0.4, 0.5) is 0 Å². The van der Waals surface area contributed by atoms with E-state index in [2.05, 4.69) is 36.0 Å². The summed E-state index contributed by atoms with van der Waals surface area (Å²) in [5.41, 5.74) is 0. The third-order valence-corrected chi connectivity index (χ3v) is 4.71. The van der Waals surface area contributed by atoms with E-state index in [0.29, 0.717) is 5.82 Å². The number of aromatic nitrogens is 3. The van der Waals surface area contributed by atoms with Crippen molar-refractivity contribution in [1.29, 1.82) is 0 Å². The van der Waals surface area contributed by atoms with Gasteiger partial charge in [-0.3, -0.25) is 9.89 Å². The molecule has 1 aliphatic rings. The van der Waals surface area contributed by atoms with Crippen molar-refractivity contribution in [2.75, 3.05) is 18.8 Å². The van der Waals surface area contributed by atoms with Crippen molar-refractivity contribution in [3.05, 3.63) is 11.6 Å². The van der Waals surface area contributed by atoms with Gasteiger partial charge >= 0.3 is 0 Å². The van der Waals surface area contributed by atoms with E-state index in [1.54, 1.807) is 0 Å². The average molecular weight is 282 g/mol. The highest BCUT2D eigenvalue weighted by Gasteiger charge is 2.27. The van der Waals surface area contributed by atoms with Crippen molar-refractivity contribution in [1.82, 2.24) is 20.1 Å². The molecule has 0 unspecified atom stereocenters. The Hall–Kier alpha value is -1.04. The highest BCUT2D eigenvalue weighted by molar-refractivity contribution is 8.00. The van der Waals surface area contributed by atoms with Gasteiger partial charge in [0.25, 0.3) is 5.91 Å². The number of amides is 1. The van der Waals surface area contributed by atoms with Crippen molar-refractivity contribution in [2.24, 2.45) is 0 Å². The molecule has 0 bridgehead atoms. The molecule has 1 aliphatic heterocycles. The summed E-state index contributed by atoms with van der Waals surface area (Å²) in [6.07, 6.45) is 2.84. The summed E-state index contributed by atoms with van der Waals surface area (Å²) in [7, 11) is 0. The standard InChI is InChI=1S/C13H22N4OS/c1-4-5-10-14-11(16-15-10)12(18)17-7-6-13(2,3)19-9-8-17/h4-9H2,1-3H3,(H,14,15,16). The van der Waals surface area contributed by atoms with Gasteiger partial charge in [-0.05, 0) is 12.8 Å². The van der Waals surface area contributed by atoms with Crippen LogP contribution in [-0.2, 0) is 6.42 Å². The lowest BCUT2D eigenvalue weighted by Gasteiger charge is -2.21. The first-order chi connectivity index (χ1) is 9.02. The number of nitrogens with zero attached hydrogens (tertiary/aromatic N) is 3. The Morgan fingerprint density at radius 3 is 3.00 bits per heavy atom. The SMILES string of the molecule is CCCc1nc(C(=O)N2CCSC(C)(C)CC2)n[nH]1. The monoisotopic (exact) mass is 282 g/mol. The zero-order valence-corrected chi connectivity index (χ0v) is 12.7. The van der Waals surface area contributed by atoms with E-state index in [-0.39, 0.29) is 10.7 Å². The molecule has 1 amide bonds. The Bertz CT molecular complexity index is 444. The number of aryl methyl sites for hydroxylation is 1. The molecule has 1 saturated heterocycles. The van der Waals surface area contributed by atoms with E-state index in [9.17, 15) is 4.79 Å². The number of hydrogen-bond acceptors (Lipinski definition) is 4. The van der Waals surface area contributed by atoms with Crippen LogP contribution in [0.1, 0.15) is 50.1 Å². The van der Waals surface area contributed by atoms with Gasteiger partial charge in [-0.1, -0.05) is 20.8 Å². The Morgan fingerprint density at radius 2 is 2.26 bits per heavy atom. The van der Waals surface area contributed by atoms with Gasteiger partial charge in [0.05, 0.1) is 0 Å². The molecule has 0 spiro atoms. The molecular formula is C13H22N4OS. The van der Waals surface area contributed by atoms with Crippen molar-refractivity contribution >= 4 is 17.7 Å². The maximum absolute atomic E-state index is 12.4. The maximum atomic E-state index is 12.4. The van der Waals surface area contributed by atoms with E-state index in [1.807, 2.05) is 16.7 Å². The normalized spacial score (nSPS) is 19.2. The topological polar surface area (TPSA) is 61.9 Å². The lowest BCUT2D eigenvalue weighted by molar-refractivity contribution is 0.0752. The quantitative estimate of drug-likeness (QED) is 0.922. The van der Waals surface area contributed by atoms with Gasteiger partial charge in [-0.2, -0.15) is 11.8 Å². The number of aromatic amines is 1. The minimum Gasteiger partial charge on any atom is -0.335 e. The number of carbonyl (C=O) groups is 1. The Labute approximate surface area is 118 Å². The molecule has 19 heavy (non-hydrogen) atoms. The lowest BCUT2D eigenvalue weighted by atomic mass is 10.1. The predicted molar refractivity (Wildman–Crippen MR) is 77.4 cm³/mol. The zero-order valence-electron chi connectivity index (χ0n) is 11.9. The van der Waals surface area contributed by atoms with E-state index in [1.165, 1.54) is 0 Å². The third kappa shape index (κ3) is 3.72. The summed E-state index contributed by atoms with van der Waals surface area (Å²) in [6.45, 7) is 8.12. The second-order valence-corrected chi connectivity index (χ2v) is 7.31. The van der Waals surface area contributed by atoms with Crippen molar-refractivity contribution in [3.63, 3.8) is 0 Å². The number of rotatable bonds is 3. The van der Waals surface area contributed by atoms with Gasteiger partial charge in [-0.25, -0.2) is 4.98 Å². The van der Waals surface area contributed by atoms with E-state index in [0.717, 1.165) is 43.9 Å². The van der Waals surface area contributed by atoms with Gasteiger partial charge in [0, 0.05) is 30.0 Å². The second kappa shape index (κ2) is 5.94. The minimum atomic E-state index is -0.0445. The first-order valence-corrected chi connectivity index (χ1v) is 7.85. The molecule has 106 valence electrons. The lowest BCUT2D eigenvalue weighted by Crippen LogP contribution is -2.34. The molecule has 5 nitrogen and oxygen atoms in total. The van der Waals surface area contributed by atoms with Crippen LogP contribution in [0.5, 0.6) is 0 Å². The number of H-pyrrole nitrogens is 1. The number of nitrogens with one attached hydrogen (secondary N) is 1. The summed E-state index contributed by atoms with van der Waals surface area (Å²) in [4.78, 5) is 18.5. The van der Waals surface area contributed by atoms with Gasteiger partial charge in [0.2, 0.25) is 5.82 Å². The fraction of sp³-hybridized carbons (Fsp3) is 0.769. The van der Waals surface area contributed by atoms with Gasteiger partial charge < -0.3 is 4.90 Å². The van der Waals surface area contributed by atoms with Gasteiger partial charge in [0.15, 0.2) is 0 Å².